The van der Waals surface area contributed by atoms with Gasteiger partial charge in [0.15, 0.2) is 0 Å². The van der Waals surface area contributed by atoms with Crippen LogP contribution in [0, 0.1) is 13.8 Å². The van der Waals surface area contributed by atoms with Crippen molar-refractivity contribution in [2.75, 3.05) is 13.1 Å². The number of halogens is 1. The van der Waals surface area contributed by atoms with Gasteiger partial charge in [0.05, 0.1) is 5.56 Å². The molecule has 1 aliphatic heterocycles. The highest BCUT2D eigenvalue weighted by atomic mass is 35.5. The van der Waals surface area contributed by atoms with Gasteiger partial charge in [-0.3, -0.25) is 4.79 Å². The van der Waals surface area contributed by atoms with Crippen molar-refractivity contribution in [2.24, 2.45) is 0 Å². The molecule has 0 aliphatic carbocycles. The first-order valence-electron chi connectivity index (χ1n) is 6.81. The fourth-order valence-corrected chi connectivity index (χ4v) is 2.76. The van der Waals surface area contributed by atoms with Crippen LogP contribution in [0.5, 0.6) is 0 Å². The van der Waals surface area contributed by atoms with E-state index in [4.69, 9.17) is 0 Å². The second-order valence-corrected chi connectivity index (χ2v) is 5.03. The Morgan fingerprint density at radius 1 is 1.53 bits per heavy atom. The summed E-state index contributed by atoms with van der Waals surface area (Å²) in [5.41, 5.74) is 3.03. The first-order chi connectivity index (χ1) is 8.63. The summed E-state index contributed by atoms with van der Waals surface area (Å²) in [4.78, 5) is 12.2. The minimum atomic E-state index is 0. The summed E-state index contributed by atoms with van der Waals surface area (Å²) in [5.74, 6) is 0.0523. The first kappa shape index (κ1) is 16.1. The zero-order valence-electron chi connectivity index (χ0n) is 12.0. The monoisotopic (exact) mass is 285 g/mol. The van der Waals surface area contributed by atoms with Crippen molar-refractivity contribution in [1.29, 1.82) is 0 Å². The lowest BCUT2D eigenvalue weighted by atomic mass is 10.2. The Kier molecular flexibility index (Phi) is 5.88. The van der Waals surface area contributed by atoms with Crippen LogP contribution in [0.15, 0.2) is 6.07 Å². The number of aromatic nitrogens is 1. The van der Waals surface area contributed by atoms with Gasteiger partial charge in [0.1, 0.15) is 0 Å². The van der Waals surface area contributed by atoms with E-state index in [0.29, 0.717) is 6.04 Å². The minimum absolute atomic E-state index is 0. The number of rotatable bonds is 4. The number of carbonyl (C=O) groups is 1. The van der Waals surface area contributed by atoms with Gasteiger partial charge in [0, 0.05) is 30.5 Å². The summed E-state index contributed by atoms with van der Waals surface area (Å²) >= 11 is 0. The highest BCUT2D eigenvalue weighted by molar-refractivity contribution is 5.95. The molecule has 0 saturated carbocycles. The van der Waals surface area contributed by atoms with E-state index in [2.05, 4.69) is 22.1 Å². The average molecular weight is 286 g/mol. The topological polar surface area (TPSA) is 46.1 Å². The van der Waals surface area contributed by atoms with Gasteiger partial charge in [0.2, 0.25) is 0 Å². The molecule has 1 amide bonds. The van der Waals surface area contributed by atoms with Crippen LogP contribution in [-0.4, -0.2) is 29.6 Å². The van der Waals surface area contributed by atoms with Crippen LogP contribution in [0.1, 0.15) is 41.5 Å². The summed E-state index contributed by atoms with van der Waals surface area (Å²) < 4.78 is 2.17. The highest BCUT2D eigenvalue weighted by Gasteiger charge is 2.18. The largest absolute Gasteiger partial charge is 0.350 e. The van der Waals surface area contributed by atoms with E-state index in [0.717, 1.165) is 43.0 Å². The van der Waals surface area contributed by atoms with Gasteiger partial charge in [-0.1, -0.05) is 0 Å². The third-order valence-electron chi connectivity index (χ3n) is 3.81. The van der Waals surface area contributed by atoms with E-state index >= 15 is 0 Å². The predicted molar refractivity (Wildman–Crippen MR) is 80.2 cm³/mol. The van der Waals surface area contributed by atoms with Gasteiger partial charge in [-0.2, -0.15) is 0 Å². The van der Waals surface area contributed by atoms with Crippen molar-refractivity contribution in [1.82, 2.24) is 15.2 Å². The third-order valence-corrected chi connectivity index (χ3v) is 3.81. The van der Waals surface area contributed by atoms with E-state index in [9.17, 15) is 4.79 Å². The molecular weight excluding hydrogens is 262 g/mol. The molecule has 1 atom stereocenters. The van der Waals surface area contributed by atoms with Gasteiger partial charge in [-0.15, -0.1) is 12.4 Å². The molecule has 5 heteroatoms. The molecule has 0 aromatic carbocycles. The van der Waals surface area contributed by atoms with Gasteiger partial charge in [0.25, 0.3) is 5.91 Å². The second kappa shape index (κ2) is 6.96. The fraction of sp³-hybridized carbons (Fsp3) is 0.643. The maximum atomic E-state index is 12.2. The first-order valence-corrected chi connectivity index (χ1v) is 6.81. The highest BCUT2D eigenvalue weighted by Crippen LogP contribution is 2.15. The molecule has 1 aromatic rings. The molecular formula is C14H24ClN3O. The normalized spacial score (nSPS) is 18.2. The van der Waals surface area contributed by atoms with E-state index in [1.807, 2.05) is 19.9 Å². The lowest BCUT2D eigenvalue weighted by Crippen LogP contribution is -2.37. The van der Waals surface area contributed by atoms with E-state index in [-0.39, 0.29) is 18.3 Å². The maximum Gasteiger partial charge on any atom is 0.253 e. The summed E-state index contributed by atoms with van der Waals surface area (Å²) in [6.45, 7) is 8.88. The van der Waals surface area contributed by atoms with E-state index < -0.39 is 0 Å². The summed E-state index contributed by atoms with van der Waals surface area (Å²) in [5, 5.41) is 6.42. The van der Waals surface area contributed by atoms with Crippen LogP contribution in [-0.2, 0) is 6.54 Å². The second-order valence-electron chi connectivity index (χ2n) is 5.03. The van der Waals surface area contributed by atoms with E-state index in [1.54, 1.807) is 0 Å². The van der Waals surface area contributed by atoms with Gasteiger partial charge >= 0.3 is 0 Å². The number of nitrogens with one attached hydrogen (secondary N) is 2. The Hall–Kier alpha value is -1.00. The Morgan fingerprint density at radius 3 is 2.79 bits per heavy atom. The summed E-state index contributed by atoms with van der Waals surface area (Å²) in [6.07, 6.45) is 2.37. The lowest BCUT2D eigenvalue weighted by molar-refractivity contribution is 0.0949. The molecule has 1 aromatic heterocycles. The maximum absolute atomic E-state index is 12.2. The fourth-order valence-electron chi connectivity index (χ4n) is 2.76. The zero-order valence-corrected chi connectivity index (χ0v) is 12.8. The van der Waals surface area contributed by atoms with Crippen LogP contribution in [0.2, 0.25) is 0 Å². The molecule has 0 bridgehead atoms. The van der Waals surface area contributed by atoms with E-state index in [1.165, 1.54) is 6.42 Å². The molecule has 1 fully saturated rings. The summed E-state index contributed by atoms with van der Waals surface area (Å²) in [7, 11) is 0. The van der Waals surface area contributed by atoms with Crippen LogP contribution >= 0.6 is 12.4 Å². The number of amides is 1. The molecule has 2 heterocycles. The van der Waals surface area contributed by atoms with Crippen molar-refractivity contribution >= 4 is 18.3 Å². The Bertz CT molecular complexity index is 436. The number of hydrogen-bond acceptors (Lipinski definition) is 2. The lowest BCUT2D eigenvalue weighted by Gasteiger charge is -2.11. The third kappa shape index (κ3) is 3.51. The summed E-state index contributed by atoms with van der Waals surface area (Å²) in [6, 6.07) is 2.43. The van der Waals surface area contributed by atoms with Crippen LogP contribution in [0.4, 0.5) is 0 Å². The Morgan fingerprint density at radius 2 is 2.26 bits per heavy atom. The molecule has 0 radical (unpaired) electrons. The molecule has 19 heavy (non-hydrogen) atoms. The molecule has 1 unspecified atom stereocenters. The standard InChI is InChI=1S/C14H23N3O.ClH/c1-4-17-10(2)8-13(11(17)3)14(18)16-9-12-6-5-7-15-12;/h8,12,15H,4-7,9H2,1-3H3,(H,16,18);1H. The smallest absolute Gasteiger partial charge is 0.253 e. The van der Waals surface area contributed by atoms with Crippen LogP contribution in [0.25, 0.3) is 0 Å². The Balaban J connectivity index is 0.00000180. The van der Waals surface area contributed by atoms with Crippen LogP contribution in [0.3, 0.4) is 0 Å². The van der Waals surface area contributed by atoms with Gasteiger partial charge in [-0.05, 0) is 46.2 Å². The molecule has 1 aliphatic rings. The van der Waals surface area contributed by atoms with Crippen molar-refractivity contribution in [2.45, 2.75) is 46.2 Å². The predicted octanol–water partition coefficient (Wildman–Crippen LogP) is 2.03. The number of nitrogens with zero attached hydrogens (tertiary/aromatic N) is 1. The quantitative estimate of drug-likeness (QED) is 0.889. The molecule has 0 spiro atoms. The van der Waals surface area contributed by atoms with Gasteiger partial charge < -0.3 is 15.2 Å². The molecule has 4 nitrogen and oxygen atoms in total. The van der Waals surface area contributed by atoms with Crippen molar-refractivity contribution in [3.05, 3.63) is 23.0 Å². The molecule has 1 saturated heterocycles. The number of carbonyl (C=O) groups excluding carboxylic acids is 1. The SMILES string of the molecule is CCn1c(C)cc(C(=O)NCC2CCCN2)c1C.Cl. The van der Waals surface area contributed by atoms with Crippen molar-refractivity contribution in [3.8, 4) is 0 Å². The minimum Gasteiger partial charge on any atom is -0.350 e. The zero-order chi connectivity index (χ0) is 13.1. The Labute approximate surface area is 121 Å². The number of hydrogen-bond donors (Lipinski definition) is 2. The van der Waals surface area contributed by atoms with Crippen molar-refractivity contribution < 1.29 is 4.79 Å². The molecule has 2 N–H and O–H groups in total. The molecule has 2 rings (SSSR count). The molecule has 108 valence electrons. The van der Waals surface area contributed by atoms with Crippen LogP contribution < -0.4 is 10.6 Å². The van der Waals surface area contributed by atoms with Crippen molar-refractivity contribution in [3.63, 3.8) is 0 Å². The van der Waals surface area contributed by atoms with Gasteiger partial charge in [-0.25, -0.2) is 0 Å². The number of aryl methyl sites for hydroxylation is 1. The average Bonchev–Trinajstić information content (AvgIpc) is 2.95.